The number of ether oxygens (including phenoxy) is 1. The Labute approximate surface area is 144 Å². The standard InChI is InChI=1S/C17H21N3O5/c18-7-9-1-3-10(4-2-9)12-13(17(23)24)11(8-20-15(12)22)14(21)16-19-5-6-25-16/h1-4,11-13,16,19H,5-8,18H2,(H,20,22)(H,23,24). The summed E-state index contributed by atoms with van der Waals surface area (Å²) in [5.74, 6) is -4.83. The molecule has 2 heterocycles. The molecule has 0 bridgehead atoms. The lowest BCUT2D eigenvalue weighted by Gasteiger charge is -2.35. The number of rotatable bonds is 5. The number of hydrogen-bond acceptors (Lipinski definition) is 6. The third-order valence-electron chi connectivity index (χ3n) is 4.77. The summed E-state index contributed by atoms with van der Waals surface area (Å²) in [4.78, 5) is 37.0. The highest BCUT2D eigenvalue weighted by atomic mass is 16.5. The van der Waals surface area contributed by atoms with E-state index in [9.17, 15) is 19.5 Å². The molecule has 8 heteroatoms. The Kier molecular flexibility index (Phi) is 5.12. The van der Waals surface area contributed by atoms with Gasteiger partial charge in [0.05, 0.1) is 24.4 Å². The van der Waals surface area contributed by atoms with Gasteiger partial charge in [-0.15, -0.1) is 0 Å². The van der Waals surface area contributed by atoms with Crippen molar-refractivity contribution in [2.45, 2.75) is 18.7 Å². The van der Waals surface area contributed by atoms with Gasteiger partial charge in [0, 0.05) is 19.6 Å². The molecule has 0 saturated carbocycles. The molecule has 1 aromatic carbocycles. The second-order valence-corrected chi connectivity index (χ2v) is 6.25. The fraction of sp³-hybridized carbons (Fsp3) is 0.471. The zero-order chi connectivity index (χ0) is 18.0. The van der Waals surface area contributed by atoms with Gasteiger partial charge in [0.2, 0.25) is 5.91 Å². The maximum Gasteiger partial charge on any atom is 0.308 e. The fourth-order valence-corrected chi connectivity index (χ4v) is 3.46. The first-order valence-corrected chi connectivity index (χ1v) is 8.21. The topological polar surface area (TPSA) is 131 Å². The summed E-state index contributed by atoms with van der Waals surface area (Å²) in [6.07, 6.45) is -0.817. The largest absolute Gasteiger partial charge is 0.481 e. The molecule has 8 nitrogen and oxygen atoms in total. The molecular formula is C17H21N3O5. The molecule has 2 fully saturated rings. The van der Waals surface area contributed by atoms with Crippen LogP contribution in [-0.4, -0.2) is 48.7 Å². The summed E-state index contributed by atoms with van der Waals surface area (Å²) in [6, 6.07) is 6.91. The summed E-state index contributed by atoms with van der Waals surface area (Å²) in [7, 11) is 0. The van der Waals surface area contributed by atoms with Crippen molar-refractivity contribution in [3.05, 3.63) is 35.4 Å². The molecule has 0 aromatic heterocycles. The molecule has 25 heavy (non-hydrogen) atoms. The van der Waals surface area contributed by atoms with Gasteiger partial charge in [-0.2, -0.15) is 0 Å². The Morgan fingerprint density at radius 3 is 2.56 bits per heavy atom. The number of carboxylic acid groups (broad SMARTS) is 1. The second-order valence-electron chi connectivity index (χ2n) is 6.25. The lowest BCUT2D eigenvalue weighted by atomic mass is 9.72. The van der Waals surface area contributed by atoms with E-state index in [1.54, 1.807) is 24.3 Å². The van der Waals surface area contributed by atoms with E-state index in [1.807, 2.05) is 0 Å². The van der Waals surface area contributed by atoms with Crippen molar-refractivity contribution in [3.8, 4) is 0 Å². The van der Waals surface area contributed by atoms with Crippen LogP contribution in [0.25, 0.3) is 0 Å². The van der Waals surface area contributed by atoms with E-state index in [4.69, 9.17) is 10.5 Å². The monoisotopic (exact) mass is 347 g/mol. The summed E-state index contributed by atoms with van der Waals surface area (Å²) in [5, 5.41) is 15.3. The number of carbonyl (C=O) groups is 3. The SMILES string of the molecule is NCc1ccc(C2C(=O)NCC(C(=O)C3NCCO3)C2C(=O)O)cc1. The highest BCUT2D eigenvalue weighted by Crippen LogP contribution is 2.35. The molecule has 2 saturated heterocycles. The average Bonchev–Trinajstić information content (AvgIpc) is 3.15. The van der Waals surface area contributed by atoms with Crippen LogP contribution in [0.5, 0.6) is 0 Å². The van der Waals surface area contributed by atoms with Gasteiger partial charge in [0.25, 0.3) is 0 Å². The van der Waals surface area contributed by atoms with Crippen molar-refractivity contribution < 1.29 is 24.2 Å². The molecule has 1 aromatic rings. The Morgan fingerprint density at radius 2 is 2.00 bits per heavy atom. The van der Waals surface area contributed by atoms with Crippen LogP contribution in [-0.2, 0) is 25.7 Å². The summed E-state index contributed by atoms with van der Waals surface area (Å²) >= 11 is 0. The Balaban J connectivity index is 1.92. The van der Waals surface area contributed by atoms with E-state index in [1.165, 1.54) is 0 Å². The minimum absolute atomic E-state index is 0.00639. The summed E-state index contributed by atoms with van der Waals surface area (Å²) < 4.78 is 5.31. The molecule has 2 aliphatic rings. The van der Waals surface area contributed by atoms with E-state index in [2.05, 4.69) is 10.6 Å². The number of piperidine rings is 1. The van der Waals surface area contributed by atoms with E-state index in [-0.39, 0.29) is 12.3 Å². The summed E-state index contributed by atoms with van der Waals surface area (Å²) in [5.41, 5.74) is 7.01. The number of aliphatic carboxylic acids is 1. The first-order chi connectivity index (χ1) is 12.0. The molecule has 1 amide bonds. The van der Waals surface area contributed by atoms with Crippen LogP contribution in [0.1, 0.15) is 17.0 Å². The fourth-order valence-electron chi connectivity index (χ4n) is 3.46. The quantitative estimate of drug-likeness (QED) is 0.548. The molecule has 3 rings (SSSR count). The Hall–Kier alpha value is -2.29. The molecule has 5 N–H and O–H groups in total. The molecule has 0 radical (unpaired) electrons. The zero-order valence-corrected chi connectivity index (χ0v) is 13.6. The molecule has 0 aliphatic carbocycles. The number of hydrogen-bond donors (Lipinski definition) is 4. The van der Waals surface area contributed by atoms with Crippen molar-refractivity contribution in [3.63, 3.8) is 0 Å². The third kappa shape index (κ3) is 3.41. The third-order valence-corrected chi connectivity index (χ3v) is 4.77. The van der Waals surface area contributed by atoms with Gasteiger partial charge in [-0.25, -0.2) is 0 Å². The van der Waals surface area contributed by atoms with Crippen molar-refractivity contribution in [2.75, 3.05) is 19.7 Å². The number of nitrogens with two attached hydrogens (primary N) is 1. The van der Waals surface area contributed by atoms with Gasteiger partial charge >= 0.3 is 5.97 Å². The van der Waals surface area contributed by atoms with E-state index in [0.717, 1.165) is 5.56 Å². The average molecular weight is 347 g/mol. The predicted octanol–water partition coefficient (Wildman–Crippen LogP) is -0.809. The van der Waals surface area contributed by atoms with Gasteiger partial charge in [0.15, 0.2) is 12.0 Å². The Bertz CT molecular complexity index is 669. The van der Waals surface area contributed by atoms with Crippen LogP contribution >= 0.6 is 0 Å². The number of amides is 1. The van der Waals surface area contributed by atoms with Gasteiger partial charge in [-0.1, -0.05) is 24.3 Å². The highest BCUT2D eigenvalue weighted by Gasteiger charge is 2.48. The van der Waals surface area contributed by atoms with Crippen molar-refractivity contribution in [1.82, 2.24) is 10.6 Å². The Morgan fingerprint density at radius 1 is 1.28 bits per heavy atom. The maximum atomic E-state index is 12.7. The number of ketones is 1. The maximum absolute atomic E-state index is 12.7. The van der Waals surface area contributed by atoms with Crippen molar-refractivity contribution in [2.24, 2.45) is 17.6 Å². The van der Waals surface area contributed by atoms with E-state index >= 15 is 0 Å². The number of carbonyl (C=O) groups excluding carboxylic acids is 2. The normalized spacial score (nSPS) is 29.2. The number of Topliss-reactive ketones (excluding diaryl/α,β-unsaturated/α-hetero) is 1. The van der Waals surface area contributed by atoms with Gasteiger partial charge in [-0.3, -0.25) is 19.7 Å². The first-order valence-electron chi connectivity index (χ1n) is 8.21. The van der Waals surface area contributed by atoms with Crippen molar-refractivity contribution >= 4 is 17.7 Å². The van der Waals surface area contributed by atoms with Crippen LogP contribution in [0.4, 0.5) is 0 Å². The van der Waals surface area contributed by atoms with Crippen LogP contribution in [0.2, 0.25) is 0 Å². The van der Waals surface area contributed by atoms with Crippen molar-refractivity contribution in [1.29, 1.82) is 0 Å². The van der Waals surface area contributed by atoms with Crippen LogP contribution in [0.15, 0.2) is 24.3 Å². The van der Waals surface area contributed by atoms with Crippen LogP contribution in [0, 0.1) is 11.8 Å². The lowest BCUT2D eigenvalue weighted by Crippen LogP contribution is -2.54. The van der Waals surface area contributed by atoms with Gasteiger partial charge in [-0.05, 0) is 11.1 Å². The molecule has 2 aliphatic heterocycles. The molecule has 0 spiro atoms. The molecule has 134 valence electrons. The predicted molar refractivity (Wildman–Crippen MR) is 87.4 cm³/mol. The van der Waals surface area contributed by atoms with Crippen LogP contribution in [0.3, 0.4) is 0 Å². The van der Waals surface area contributed by atoms with Gasteiger partial charge < -0.3 is 20.9 Å². The smallest absolute Gasteiger partial charge is 0.308 e. The zero-order valence-electron chi connectivity index (χ0n) is 13.6. The molecule has 4 atom stereocenters. The van der Waals surface area contributed by atoms with E-state index in [0.29, 0.717) is 25.3 Å². The number of benzene rings is 1. The van der Waals surface area contributed by atoms with Crippen LogP contribution < -0.4 is 16.4 Å². The number of carboxylic acids is 1. The first kappa shape index (κ1) is 17.5. The lowest BCUT2D eigenvalue weighted by molar-refractivity contribution is -0.154. The summed E-state index contributed by atoms with van der Waals surface area (Å²) in [6.45, 7) is 1.28. The molecular weight excluding hydrogens is 326 g/mol. The molecule has 4 unspecified atom stereocenters. The minimum atomic E-state index is -1.17. The highest BCUT2D eigenvalue weighted by molar-refractivity contribution is 5.97. The number of nitrogens with one attached hydrogen (secondary N) is 2. The van der Waals surface area contributed by atoms with E-state index < -0.39 is 35.9 Å². The second kappa shape index (κ2) is 7.30. The minimum Gasteiger partial charge on any atom is -0.481 e. The van der Waals surface area contributed by atoms with Gasteiger partial charge in [0.1, 0.15) is 0 Å².